The van der Waals surface area contributed by atoms with Gasteiger partial charge in [0.25, 0.3) is 0 Å². The highest BCUT2D eigenvalue weighted by atomic mass is 15.3. The fourth-order valence-corrected chi connectivity index (χ4v) is 2.37. The minimum atomic E-state index is -0.122. The van der Waals surface area contributed by atoms with Crippen LogP contribution in [0, 0.1) is 0 Å². The van der Waals surface area contributed by atoms with E-state index < -0.39 is 0 Å². The Morgan fingerprint density at radius 3 is 2.44 bits per heavy atom. The molecule has 0 unspecified atom stereocenters. The molecule has 4 nitrogen and oxygen atoms in total. The zero-order chi connectivity index (χ0) is 11.9. The zero-order valence-corrected chi connectivity index (χ0v) is 10.9. The summed E-state index contributed by atoms with van der Waals surface area (Å²) in [6.45, 7) is 8.63. The SMILES string of the molecule is CC(C)NC(C)(C)c1nnc(C2CC2)n1C. The monoisotopic (exact) mass is 222 g/mol. The van der Waals surface area contributed by atoms with Gasteiger partial charge in [-0.1, -0.05) is 0 Å². The van der Waals surface area contributed by atoms with Crippen LogP contribution in [0.25, 0.3) is 0 Å². The van der Waals surface area contributed by atoms with Gasteiger partial charge in [0.15, 0.2) is 5.82 Å². The van der Waals surface area contributed by atoms with Gasteiger partial charge in [-0.15, -0.1) is 10.2 Å². The standard InChI is InChI=1S/C12H22N4/c1-8(2)13-12(3,4)11-15-14-10(16(11)5)9-6-7-9/h8-9,13H,6-7H2,1-5H3. The second-order valence-corrected chi connectivity index (χ2v) is 5.64. The molecule has 1 aliphatic rings. The maximum atomic E-state index is 4.35. The summed E-state index contributed by atoms with van der Waals surface area (Å²) in [6.07, 6.45) is 2.54. The Labute approximate surface area is 97.5 Å². The minimum Gasteiger partial charge on any atom is -0.316 e. The molecule has 1 saturated carbocycles. The first-order chi connectivity index (χ1) is 7.42. The van der Waals surface area contributed by atoms with Crippen LogP contribution >= 0.6 is 0 Å². The molecule has 1 heterocycles. The number of aromatic nitrogens is 3. The maximum Gasteiger partial charge on any atom is 0.152 e. The van der Waals surface area contributed by atoms with Crippen molar-refractivity contribution in [3.63, 3.8) is 0 Å². The van der Waals surface area contributed by atoms with Gasteiger partial charge < -0.3 is 9.88 Å². The summed E-state index contributed by atoms with van der Waals surface area (Å²) in [5.74, 6) is 2.83. The molecule has 16 heavy (non-hydrogen) atoms. The van der Waals surface area contributed by atoms with E-state index in [4.69, 9.17) is 0 Å². The quantitative estimate of drug-likeness (QED) is 0.846. The molecule has 2 rings (SSSR count). The van der Waals surface area contributed by atoms with E-state index >= 15 is 0 Å². The van der Waals surface area contributed by atoms with Gasteiger partial charge in [-0.2, -0.15) is 0 Å². The first-order valence-corrected chi connectivity index (χ1v) is 6.09. The van der Waals surface area contributed by atoms with E-state index in [1.165, 1.54) is 12.8 Å². The summed E-state index contributed by atoms with van der Waals surface area (Å²) in [6, 6.07) is 0.441. The van der Waals surface area contributed by atoms with Gasteiger partial charge in [-0.05, 0) is 40.5 Å². The molecule has 1 fully saturated rings. The van der Waals surface area contributed by atoms with Crippen LogP contribution in [0.5, 0.6) is 0 Å². The van der Waals surface area contributed by atoms with Crippen molar-refractivity contribution in [2.45, 2.75) is 58.0 Å². The van der Waals surface area contributed by atoms with Crippen LogP contribution in [0.2, 0.25) is 0 Å². The molecule has 0 bridgehead atoms. The van der Waals surface area contributed by atoms with Crippen LogP contribution in [-0.2, 0) is 12.6 Å². The zero-order valence-electron chi connectivity index (χ0n) is 10.9. The van der Waals surface area contributed by atoms with Gasteiger partial charge in [-0.25, -0.2) is 0 Å². The highest BCUT2D eigenvalue weighted by Crippen LogP contribution is 2.39. The molecule has 0 aromatic carbocycles. The Bertz CT molecular complexity index is 374. The first-order valence-electron chi connectivity index (χ1n) is 6.09. The average Bonchev–Trinajstić information content (AvgIpc) is 2.87. The summed E-state index contributed by atoms with van der Waals surface area (Å²) in [5, 5.41) is 12.2. The van der Waals surface area contributed by atoms with Crippen molar-refractivity contribution >= 4 is 0 Å². The van der Waals surface area contributed by atoms with E-state index in [2.05, 4.69) is 54.8 Å². The second-order valence-electron chi connectivity index (χ2n) is 5.64. The third kappa shape index (κ3) is 2.12. The van der Waals surface area contributed by atoms with Gasteiger partial charge >= 0.3 is 0 Å². The van der Waals surface area contributed by atoms with Gasteiger partial charge in [0, 0.05) is 19.0 Å². The third-order valence-corrected chi connectivity index (χ3v) is 3.06. The van der Waals surface area contributed by atoms with Gasteiger partial charge in [0.2, 0.25) is 0 Å². The van der Waals surface area contributed by atoms with Crippen molar-refractivity contribution in [3.05, 3.63) is 11.6 Å². The molecule has 1 N–H and O–H groups in total. The molecule has 1 aromatic rings. The van der Waals surface area contributed by atoms with E-state index in [1.54, 1.807) is 0 Å². The summed E-state index contributed by atoms with van der Waals surface area (Å²) in [5.41, 5.74) is -0.122. The molecule has 90 valence electrons. The maximum absolute atomic E-state index is 4.35. The number of rotatable bonds is 4. The molecule has 1 aliphatic carbocycles. The van der Waals surface area contributed by atoms with Crippen LogP contribution < -0.4 is 5.32 Å². The Kier molecular flexibility index (Phi) is 2.78. The first kappa shape index (κ1) is 11.6. The van der Waals surface area contributed by atoms with Crippen molar-refractivity contribution in [3.8, 4) is 0 Å². The van der Waals surface area contributed by atoms with Crippen LogP contribution in [0.15, 0.2) is 0 Å². The molecule has 1 aromatic heterocycles. The van der Waals surface area contributed by atoms with Gasteiger partial charge in [-0.3, -0.25) is 0 Å². The second kappa shape index (κ2) is 3.84. The Morgan fingerprint density at radius 2 is 1.94 bits per heavy atom. The van der Waals surface area contributed by atoms with Gasteiger partial charge in [0.1, 0.15) is 5.82 Å². The molecule has 0 atom stereocenters. The molecule has 0 saturated heterocycles. The smallest absolute Gasteiger partial charge is 0.152 e. The lowest BCUT2D eigenvalue weighted by atomic mass is 10.0. The average molecular weight is 222 g/mol. The Hall–Kier alpha value is -0.900. The van der Waals surface area contributed by atoms with Crippen molar-refractivity contribution in [2.75, 3.05) is 0 Å². The van der Waals surface area contributed by atoms with Crippen molar-refractivity contribution in [2.24, 2.45) is 7.05 Å². The van der Waals surface area contributed by atoms with Crippen molar-refractivity contribution < 1.29 is 0 Å². The molecule has 4 heteroatoms. The van der Waals surface area contributed by atoms with Crippen LogP contribution in [0.1, 0.15) is 58.1 Å². The summed E-state index contributed by atoms with van der Waals surface area (Å²) >= 11 is 0. The van der Waals surface area contributed by atoms with Crippen molar-refractivity contribution in [1.82, 2.24) is 20.1 Å². The van der Waals surface area contributed by atoms with E-state index in [-0.39, 0.29) is 5.54 Å². The Balaban J connectivity index is 2.25. The van der Waals surface area contributed by atoms with Crippen LogP contribution in [0.3, 0.4) is 0 Å². The fraction of sp³-hybridized carbons (Fsp3) is 0.833. The summed E-state index contributed by atoms with van der Waals surface area (Å²) in [4.78, 5) is 0. The number of nitrogens with one attached hydrogen (secondary N) is 1. The largest absolute Gasteiger partial charge is 0.316 e. The lowest BCUT2D eigenvalue weighted by Crippen LogP contribution is -2.43. The normalized spacial score (nSPS) is 17.1. The highest BCUT2D eigenvalue weighted by molar-refractivity contribution is 5.12. The molecule has 0 radical (unpaired) electrons. The minimum absolute atomic E-state index is 0.122. The van der Waals surface area contributed by atoms with Gasteiger partial charge in [0.05, 0.1) is 5.54 Å². The summed E-state index contributed by atoms with van der Waals surface area (Å²) in [7, 11) is 2.08. The van der Waals surface area contributed by atoms with E-state index in [9.17, 15) is 0 Å². The fourth-order valence-electron chi connectivity index (χ4n) is 2.37. The van der Waals surface area contributed by atoms with Crippen LogP contribution in [-0.4, -0.2) is 20.8 Å². The lowest BCUT2D eigenvalue weighted by Gasteiger charge is -2.27. The van der Waals surface area contributed by atoms with E-state index in [0.717, 1.165) is 11.6 Å². The molecular formula is C12H22N4. The summed E-state index contributed by atoms with van der Waals surface area (Å²) < 4.78 is 2.16. The number of hydrogen-bond acceptors (Lipinski definition) is 3. The third-order valence-electron chi connectivity index (χ3n) is 3.06. The van der Waals surface area contributed by atoms with Crippen molar-refractivity contribution in [1.29, 1.82) is 0 Å². The van der Waals surface area contributed by atoms with E-state index in [1.807, 2.05) is 0 Å². The molecule has 0 amide bonds. The predicted molar refractivity (Wildman–Crippen MR) is 64.3 cm³/mol. The number of nitrogens with zero attached hydrogens (tertiary/aromatic N) is 3. The topological polar surface area (TPSA) is 42.7 Å². The predicted octanol–water partition coefficient (Wildman–Crippen LogP) is 1.93. The molecule has 0 aliphatic heterocycles. The molecular weight excluding hydrogens is 200 g/mol. The Morgan fingerprint density at radius 1 is 1.31 bits per heavy atom. The highest BCUT2D eigenvalue weighted by Gasteiger charge is 2.33. The number of hydrogen-bond donors (Lipinski definition) is 1. The van der Waals surface area contributed by atoms with Crippen LogP contribution in [0.4, 0.5) is 0 Å². The lowest BCUT2D eigenvalue weighted by molar-refractivity contribution is 0.337. The molecule has 0 spiro atoms. The van der Waals surface area contributed by atoms with E-state index in [0.29, 0.717) is 12.0 Å².